The zero-order valence-corrected chi connectivity index (χ0v) is 13.8. The Bertz CT molecular complexity index is 846. The number of benzene rings is 2. The molecule has 0 heterocycles. The van der Waals surface area contributed by atoms with Gasteiger partial charge in [0.05, 0.1) is 9.50 Å². The van der Waals surface area contributed by atoms with Crippen molar-refractivity contribution in [3.05, 3.63) is 62.8 Å². The van der Waals surface area contributed by atoms with E-state index in [0.717, 1.165) is 6.07 Å². The normalized spacial score (nSPS) is 11.0. The Morgan fingerprint density at radius 2 is 2.09 bits per heavy atom. The Kier molecular flexibility index (Phi) is 5.37. The predicted octanol–water partition coefficient (Wildman–Crippen LogP) is 4.49. The highest BCUT2D eigenvalue weighted by molar-refractivity contribution is 9.10. The number of aromatic hydroxyl groups is 1. The van der Waals surface area contributed by atoms with Crippen molar-refractivity contribution in [2.24, 2.45) is 0 Å². The van der Waals surface area contributed by atoms with Crippen LogP contribution in [0.4, 0.5) is 10.1 Å². The number of nitrogens with one attached hydrogen (secondary N) is 1. The highest BCUT2D eigenvalue weighted by Gasteiger charge is 2.11. The first-order valence-corrected chi connectivity index (χ1v) is 7.44. The number of hydrogen-bond donors (Lipinski definition) is 2. The summed E-state index contributed by atoms with van der Waals surface area (Å²) in [4.78, 5) is 12.1. The number of rotatable bonds is 3. The Balaban J connectivity index is 2.24. The van der Waals surface area contributed by atoms with E-state index < -0.39 is 11.7 Å². The number of phenolic OH excluding ortho intramolecular Hbond substituents is 1. The molecule has 0 bridgehead atoms. The van der Waals surface area contributed by atoms with E-state index in [2.05, 4.69) is 21.2 Å². The average Bonchev–Trinajstić information content (AvgIpc) is 2.52. The van der Waals surface area contributed by atoms with Crippen LogP contribution in [-0.4, -0.2) is 11.0 Å². The maximum absolute atomic E-state index is 13.1. The molecule has 0 aromatic heterocycles. The fraction of sp³-hybridized carbons (Fsp3) is 0. The first kappa shape index (κ1) is 17.0. The molecule has 2 aromatic carbocycles. The second-order valence-electron chi connectivity index (χ2n) is 4.46. The van der Waals surface area contributed by atoms with Crippen LogP contribution in [0.15, 0.2) is 46.4 Å². The quantitative estimate of drug-likeness (QED) is 0.594. The summed E-state index contributed by atoms with van der Waals surface area (Å²) in [5, 5.41) is 20.9. The lowest BCUT2D eigenvalue weighted by molar-refractivity contribution is -0.112. The molecule has 0 fully saturated rings. The summed E-state index contributed by atoms with van der Waals surface area (Å²) >= 11 is 8.79. The molecule has 23 heavy (non-hydrogen) atoms. The van der Waals surface area contributed by atoms with Crippen molar-refractivity contribution in [3.8, 4) is 11.8 Å². The Morgan fingerprint density at radius 3 is 2.70 bits per heavy atom. The molecule has 7 heteroatoms. The monoisotopic (exact) mass is 394 g/mol. The molecule has 2 aromatic rings. The Morgan fingerprint density at radius 1 is 1.35 bits per heavy atom. The van der Waals surface area contributed by atoms with Gasteiger partial charge in [0.2, 0.25) is 0 Å². The van der Waals surface area contributed by atoms with Crippen LogP contribution >= 0.6 is 27.5 Å². The van der Waals surface area contributed by atoms with Gasteiger partial charge in [-0.1, -0.05) is 17.7 Å². The molecule has 2 rings (SSSR count). The van der Waals surface area contributed by atoms with E-state index in [0.29, 0.717) is 10.0 Å². The predicted molar refractivity (Wildman–Crippen MR) is 89.4 cm³/mol. The molecule has 0 saturated heterocycles. The fourth-order valence-corrected chi connectivity index (χ4v) is 2.28. The molecule has 1 amide bonds. The van der Waals surface area contributed by atoms with Crippen molar-refractivity contribution in [2.45, 2.75) is 0 Å². The van der Waals surface area contributed by atoms with E-state index in [1.165, 1.54) is 24.3 Å². The molecule has 2 N–H and O–H groups in total. The third-order valence-corrected chi connectivity index (χ3v) is 3.75. The van der Waals surface area contributed by atoms with Crippen molar-refractivity contribution in [1.29, 1.82) is 5.26 Å². The van der Waals surface area contributed by atoms with Crippen LogP contribution in [0.1, 0.15) is 5.56 Å². The van der Waals surface area contributed by atoms with Gasteiger partial charge in [0.25, 0.3) is 5.91 Å². The van der Waals surface area contributed by atoms with Gasteiger partial charge in [0.15, 0.2) is 0 Å². The molecule has 0 aliphatic heterocycles. The summed E-state index contributed by atoms with van der Waals surface area (Å²) < 4.78 is 13.5. The van der Waals surface area contributed by atoms with Crippen molar-refractivity contribution >= 4 is 45.2 Å². The highest BCUT2D eigenvalue weighted by Crippen LogP contribution is 2.25. The number of nitriles is 1. The van der Waals surface area contributed by atoms with Crippen molar-refractivity contribution in [3.63, 3.8) is 0 Å². The number of anilines is 1. The number of amides is 1. The molecule has 0 aliphatic carbocycles. The topological polar surface area (TPSA) is 73.1 Å². The van der Waals surface area contributed by atoms with Gasteiger partial charge in [-0.25, -0.2) is 4.39 Å². The zero-order chi connectivity index (χ0) is 17.0. The summed E-state index contributed by atoms with van der Waals surface area (Å²) in [5.41, 5.74) is 0.677. The van der Waals surface area contributed by atoms with E-state index in [1.807, 2.05) is 0 Å². The lowest BCUT2D eigenvalue weighted by Crippen LogP contribution is -2.13. The summed E-state index contributed by atoms with van der Waals surface area (Å²) in [7, 11) is 0. The third-order valence-electron chi connectivity index (χ3n) is 2.83. The maximum Gasteiger partial charge on any atom is 0.266 e. The van der Waals surface area contributed by atoms with E-state index in [9.17, 15) is 14.3 Å². The van der Waals surface area contributed by atoms with Crippen LogP contribution in [0.25, 0.3) is 6.08 Å². The van der Waals surface area contributed by atoms with Crippen LogP contribution in [0.5, 0.6) is 5.75 Å². The lowest BCUT2D eigenvalue weighted by atomic mass is 10.1. The van der Waals surface area contributed by atoms with Crippen LogP contribution in [0, 0.1) is 17.1 Å². The smallest absolute Gasteiger partial charge is 0.266 e. The fourth-order valence-electron chi connectivity index (χ4n) is 1.70. The first-order chi connectivity index (χ1) is 10.9. The number of hydrogen-bond acceptors (Lipinski definition) is 3. The Hall–Kier alpha value is -2.36. The summed E-state index contributed by atoms with van der Waals surface area (Å²) in [6.07, 6.45) is 1.37. The standard InChI is InChI=1S/C16H9BrClFN2O2/c17-12-6-9(1-4-15(12)22)5-10(8-20)16(23)21-11-2-3-14(19)13(18)7-11/h1-7,22H,(H,21,23)/b10-5+. The first-order valence-electron chi connectivity index (χ1n) is 6.27. The zero-order valence-electron chi connectivity index (χ0n) is 11.5. The van der Waals surface area contributed by atoms with Gasteiger partial charge < -0.3 is 10.4 Å². The molecular weight excluding hydrogens is 387 g/mol. The van der Waals surface area contributed by atoms with Crippen molar-refractivity contribution < 1.29 is 14.3 Å². The minimum Gasteiger partial charge on any atom is -0.507 e. The summed E-state index contributed by atoms with van der Waals surface area (Å²) in [6, 6.07) is 10.1. The molecule has 4 nitrogen and oxygen atoms in total. The molecule has 0 atom stereocenters. The summed E-state index contributed by atoms with van der Waals surface area (Å²) in [5.74, 6) is -1.21. The minimum atomic E-state index is -0.653. The SMILES string of the molecule is N#C/C(=C\c1ccc(O)c(Br)c1)C(=O)Nc1ccc(F)c(Cl)c1. The number of carbonyl (C=O) groups excluding carboxylic acids is 1. The van der Waals surface area contributed by atoms with E-state index in [4.69, 9.17) is 16.9 Å². The number of carbonyl (C=O) groups is 1. The second-order valence-corrected chi connectivity index (χ2v) is 5.73. The van der Waals surface area contributed by atoms with E-state index in [1.54, 1.807) is 18.2 Å². The van der Waals surface area contributed by atoms with Crippen molar-refractivity contribution in [2.75, 3.05) is 5.32 Å². The number of halogens is 3. The Labute approximate surface area is 144 Å². The molecule has 0 spiro atoms. The second kappa shape index (κ2) is 7.27. The molecule has 116 valence electrons. The van der Waals surface area contributed by atoms with Gasteiger partial charge in [0, 0.05) is 5.69 Å². The van der Waals surface area contributed by atoms with Gasteiger partial charge in [-0.2, -0.15) is 5.26 Å². The van der Waals surface area contributed by atoms with Crippen molar-refractivity contribution in [1.82, 2.24) is 0 Å². The van der Waals surface area contributed by atoms with Crippen LogP contribution in [-0.2, 0) is 4.79 Å². The molecule has 0 saturated carbocycles. The van der Waals surface area contributed by atoms with Gasteiger partial charge >= 0.3 is 0 Å². The number of phenols is 1. The van der Waals surface area contributed by atoms with E-state index >= 15 is 0 Å². The van der Waals surface area contributed by atoms with Crippen LogP contribution in [0.3, 0.4) is 0 Å². The van der Waals surface area contributed by atoms with Gasteiger partial charge in [0.1, 0.15) is 23.2 Å². The molecule has 0 aliphatic rings. The van der Waals surface area contributed by atoms with Gasteiger partial charge in [-0.3, -0.25) is 4.79 Å². The van der Waals surface area contributed by atoms with Gasteiger partial charge in [-0.15, -0.1) is 0 Å². The van der Waals surface area contributed by atoms with E-state index in [-0.39, 0.29) is 22.0 Å². The van der Waals surface area contributed by atoms with Crippen LogP contribution < -0.4 is 5.32 Å². The molecule has 0 radical (unpaired) electrons. The largest absolute Gasteiger partial charge is 0.507 e. The molecular formula is C16H9BrClFN2O2. The minimum absolute atomic E-state index is 0.0473. The summed E-state index contributed by atoms with van der Waals surface area (Å²) in [6.45, 7) is 0. The number of nitrogens with zero attached hydrogens (tertiary/aromatic N) is 1. The highest BCUT2D eigenvalue weighted by atomic mass is 79.9. The maximum atomic E-state index is 13.1. The molecule has 0 unspecified atom stereocenters. The lowest BCUT2D eigenvalue weighted by Gasteiger charge is -2.05. The average molecular weight is 396 g/mol. The third kappa shape index (κ3) is 4.31. The van der Waals surface area contributed by atoms with Gasteiger partial charge in [-0.05, 0) is 57.9 Å². The van der Waals surface area contributed by atoms with Crippen LogP contribution in [0.2, 0.25) is 5.02 Å².